The molecule has 3 unspecified atom stereocenters. The summed E-state index contributed by atoms with van der Waals surface area (Å²) in [5.74, 6) is 3.14. The highest BCUT2D eigenvalue weighted by molar-refractivity contribution is 5.06. The molecule has 0 heterocycles. The molecule has 1 spiro atoms. The van der Waals surface area contributed by atoms with Crippen LogP contribution in [0.4, 0.5) is 0 Å². The lowest BCUT2D eigenvalue weighted by molar-refractivity contribution is -0.144. The highest BCUT2D eigenvalue weighted by Crippen LogP contribution is 2.66. The molecule has 0 radical (unpaired) electrons. The molecule has 0 aromatic heterocycles. The molecule has 0 saturated heterocycles. The van der Waals surface area contributed by atoms with Crippen molar-refractivity contribution in [3.05, 3.63) is 0 Å². The first-order valence-corrected chi connectivity index (χ1v) is 5.20. The van der Waals surface area contributed by atoms with Gasteiger partial charge < -0.3 is 0 Å². The summed E-state index contributed by atoms with van der Waals surface area (Å²) in [4.78, 5) is 0. The summed E-state index contributed by atoms with van der Waals surface area (Å²) in [6.07, 6.45) is 6.02. The molecule has 0 bridgehead atoms. The van der Waals surface area contributed by atoms with Gasteiger partial charge in [-0.1, -0.05) is 27.2 Å². The van der Waals surface area contributed by atoms with E-state index in [1.54, 1.807) is 0 Å². The molecule has 2 aliphatic carbocycles. The lowest BCUT2D eigenvalue weighted by atomic mass is 9.41. The van der Waals surface area contributed by atoms with Crippen molar-refractivity contribution in [1.82, 2.24) is 0 Å². The zero-order chi connectivity index (χ0) is 8.06. The summed E-state index contributed by atoms with van der Waals surface area (Å²) in [5, 5.41) is 0. The van der Waals surface area contributed by atoms with Crippen LogP contribution in [0.25, 0.3) is 0 Å². The molecule has 0 N–H and O–H groups in total. The van der Waals surface area contributed by atoms with Gasteiger partial charge in [0.05, 0.1) is 0 Å². The SMILES string of the molecule is CCC1CCC12C[C@H](C)C2C. The fraction of sp³-hybridized carbons (Fsp3) is 1.00. The average molecular weight is 152 g/mol. The van der Waals surface area contributed by atoms with Crippen LogP contribution < -0.4 is 0 Å². The molecule has 0 heteroatoms. The maximum atomic E-state index is 2.47. The van der Waals surface area contributed by atoms with Crippen molar-refractivity contribution in [2.45, 2.75) is 46.5 Å². The third kappa shape index (κ3) is 0.761. The Balaban J connectivity index is 2.03. The Morgan fingerprint density at radius 1 is 1.36 bits per heavy atom. The third-order valence-corrected chi connectivity index (χ3v) is 4.73. The lowest BCUT2D eigenvalue weighted by Crippen LogP contribution is -2.55. The van der Waals surface area contributed by atoms with E-state index in [0.29, 0.717) is 0 Å². The zero-order valence-electron chi connectivity index (χ0n) is 8.06. The zero-order valence-corrected chi connectivity index (χ0v) is 8.06. The van der Waals surface area contributed by atoms with Gasteiger partial charge >= 0.3 is 0 Å². The largest absolute Gasteiger partial charge is 0.0651 e. The van der Waals surface area contributed by atoms with Crippen LogP contribution in [-0.2, 0) is 0 Å². The maximum Gasteiger partial charge on any atom is -0.0238 e. The topological polar surface area (TPSA) is 0 Å². The van der Waals surface area contributed by atoms with Gasteiger partial charge in [-0.3, -0.25) is 0 Å². The lowest BCUT2D eigenvalue weighted by Gasteiger charge is -2.64. The summed E-state index contributed by atoms with van der Waals surface area (Å²) in [7, 11) is 0. The molecule has 2 aliphatic rings. The van der Waals surface area contributed by atoms with Crippen LogP contribution in [0.2, 0.25) is 0 Å². The van der Waals surface area contributed by atoms with Gasteiger partial charge in [-0.25, -0.2) is 0 Å². The van der Waals surface area contributed by atoms with E-state index in [1.165, 1.54) is 25.7 Å². The van der Waals surface area contributed by atoms with Crippen LogP contribution in [0.5, 0.6) is 0 Å². The number of rotatable bonds is 1. The maximum absolute atomic E-state index is 2.47. The molecule has 0 amide bonds. The number of hydrogen-bond acceptors (Lipinski definition) is 0. The Morgan fingerprint density at radius 2 is 2.09 bits per heavy atom. The normalized spacial score (nSPS) is 55.4. The van der Waals surface area contributed by atoms with Gasteiger partial charge in [0.25, 0.3) is 0 Å². The average Bonchev–Trinajstić information content (AvgIpc) is 1.97. The van der Waals surface area contributed by atoms with Crippen molar-refractivity contribution in [1.29, 1.82) is 0 Å². The van der Waals surface area contributed by atoms with Crippen LogP contribution in [0.3, 0.4) is 0 Å². The van der Waals surface area contributed by atoms with Crippen LogP contribution in [-0.4, -0.2) is 0 Å². The predicted molar refractivity (Wildman–Crippen MR) is 48.4 cm³/mol. The second-order valence-corrected chi connectivity index (χ2v) is 4.85. The van der Waals surface area contributed by atoms with Crippen molar-refractivity contribution < 1.29 is 0 Å². The first kappa shape index (κ1) is 7.64. The van der Waals surface area contributed by atoms with Gasteiger partial charge in [-0.05, 0) is 42.4 Å². The van der Waals surface area contributed by atoms with E-state index in [1.807, 2.05) is 0 Å². The Labute approximate surface area is 70.4 Å². The molecule has 2 fully saturated rings. The molecule has 0 aromatic carbocycles. The summed E-state index contributed by atoms with van der Waals surface area (Å²) >= 11 is 0. The predicted octanol–water partition coefficient (Wildman–Crippen LogP) is 3.47. The van der Waals surface area contributed by atoms with Crippen molar-refractivity contribution in [3.8, 4) is 0 Å². The van der Waals surface area contributed by atoms with E-state index in [-0.39, 0.29) is 0 Å². The fourth-order valence-corrected chi connectivity index (χ4v) is 3.57. The van der Waals surface area contributed by atoms with E-state index >= 15 is 0 Å². The van der Waals surface area contributed by atoms with Gasteiger partial charge in [0.15, 0.2) is 0 Å². The highest BCUT2D eigenvalue weighted by atomic mass is 14.6. The van der Waals surface area contributed by atoms with E-state index in [0.717, 1.165) is 23.2 Å². The Hall–Kier alpha value is 0. The molecule has 0 nitrogen and oxygen atoms in total. The minimum atomic E-state index is 0.841. The minimum Gasteiger partial charge on any atom is -0.0651 e. The van der Waals surface area contributed by atoms with Crippen LogP contribution >= 0.6 is 0 Å². The van der Waals surface area contributed by atoms with Gasteiger partial charge in [0.2, 0.25) is 0 Å². The fourth-order valence-electron chi connectivity index (χ4n) is 3.57. The Morgan fingerprint density at radius 3 is 2.36 bits per heavy atom. The highest BCUT2D eigenvalue weighted by Gasteiger charge is 2.57. The number of hydrogen-bond donors (Lipinski definition) is 0. The molecule has 2 rings (SSSR count). The molecule has 0 aliphatic heterocycles. The standard InChI is InChI=1S/C11H20/c1-4-10-5-6-11(10)7-8(2)9(11)3/h8-10H,4-7H2,1-3H3/t8-,9?,10?,11?/m0/s1. The summed E-state index contributed by atoms with van der Waals surface area (Å²) < 4.78 is 0. The van der Waals surface area contributed by atoms with Crippen LogP contribution in [0, 0.1) is 23.2 Å². The van der Waals surface area contributed by atoms with Gasteiger partial charge in [-0.2, -0.15) is 0 Å². The minimum absolute atomic E-state index is 0.841. The van der Waals surface area contributed by atoms with Crippen molar-refractivity contribution in [2.24, 2.45) is 23.2 Å². The summed E-state index contributed by atoms with van der Waals surface area (Å²) in [5.41, 5.74) is 0.841. The summed E-state index contributed by atoms with van der Waals surface area (Å²) in [6, 6.07) is 0. The Bertz CT molecular complexity index is 155. The van der Waals surface area contributed by atoms with Crippen molar-refractivity contribution >= 4 is 0 Å². The second-order valence-electron chi connectivity index (χ2n) is 4.85. The quantitative estimate of drug-likeness (QED) is 0.539. The van der Waals surface area contributed by atoms with E-state index < -0.39 is 0 Å². The molecule has 2 saturated carbocycles. The first-order valence-electron chi connectivity index (χ1n) is 5.20. The van der Waals surface area contributed by atoms with E-state index in [9.17, 15) is 0 Å². The molecular weight excluding hydrogens is 132 g/mol. The third-order valence-electron chi connectivity index (χ3n) is 4.73. The smallest absolute Gasteiger partial charge is 0.0238 e. The molecule has 11 heavy (non-hydrogen) atoms. The van der Waals surface area contributed by atoms with Gasteiger partial charge in [0.1, 0.15) is 0 Å². The van der Waals surface area contributed by atoms with Crippen molar-refractivity contribution in [3.63, 3.8) is 0 Å². The van der Waals surface area contributed by atoms with Gasteiger partial charge in [0, 0.05) is 0 Å². The molecular formula is C11H20. The van der Waals surface area contributed by atoms with Crippen LogP contribution in [0.1, 0.15) is 46.5 Å². The monoisotopic (exact) mass is 152 g/mol. The van der Waals surface area contributed by atoms with E-state index in [2.05, 4.69) is 20.8 Å². The van der Waals surface area contributed by atoms with E-state index in [4.69, 9.17) is 0 Å². The first-order chi connectivity index (χ1) is 5.20. The Kier molecular flexibility index (Phi) is 1.56. The van der Waals surface area contributed by atoms with Crippen LogP contribution in [0.15, 0.2) is 0 Å². The molecule has 64 valence electrons. The van der Waals surface area contributed by atoms with Gasteiger partial charge in [-0.15, -0.1) is 0 Å². The molecule has 4 atom stereocenters. The second kappa shape index (κ2) is 2.24. The molecule has 0 aromatic rings. The van der Waals surface area contributed by atoms with Crippen molar-refractivity contribution in [2.75, 3.05) is 0 Å². The summed E-state index contributed by atoms with van der Waals surface area (Å²) in [6.45, 7) is 7.25.